The van der Waals surface area contributed by atoms with Crippen LogP contribution in [0.1, 0.15) is 24.5 Å². The molecule has 3 heteroatoms. The van der Waals surface area contributed by atoms with Gasteiger partial charge < -0.3 is 9.80 Å². The van der Waals surface area contributed by atoms with E-state index in [1.807, 2.05) is 0 Å². The highest BCUT2D eigenvalue weighted by Gasteiger charge is 2.28. The molecule has 1 fully saturated rings. The van der Waals surface area contributed by atoms with Gasteiger partial charge in [-0.3, -0.25) is 4.90 Å². The minimum atomic E-state index is 0.474. The van der Waals surface area contributed by atoms with Gasteiger partial charge in [0.25, 0.3) is 0 Å². The van der Waals surface area contributed by atoms with Crippen LogP contribution in [0.5, 0.6) is 0 Å². The largest absolute Gasteiger partial charge is 0.369 e. The van der Waals surface area contributed by atoms with Crippen LogP contribution in [-0.4, -0.2) is 43.8 Å². The number of rotatable bonds is 3. The van der Waals surface area contributed by atoms with E-state index in [4.69, 9.17) is 0 Å². The average Bonchev–Trinajstić information content (AvgIpc) is 2.68. The third-order valence-corrected chi connectivity index (χ3v) is 5.84. The minimum absolute atomic E-state index is 0.474. The second-order valence-electron chi connectivity index (χ2n) is 7.42. The molecule has 0 radical (unpaired) electrons. The number of aryl methyl sites for hydroxylation is 2. The molecule has 25 heavy (non-hydrogen) atoms. The molecule has 1 saturated heterocycles. The Bertz CT molecular complexity index is 701. The van der Waals surface area contributed by atoms with Crippen LogP contribution in [0.3, 0.4) is 0 Å². The number of nitrogens with zero attached hydrogens (tertiary/aromatic N) is 3. The first kappa shape index (κ1) is 16.5. The van der Waals surface area contributed by atoms with Gasteiger partial charge in [0.2, 0.25) is 0 Å². The summed E-state index contributed by atoms with van der Waals surface area (Å²) in [6.07, 6.45) is 2.97. The van der Waals surface area contributed by atoms with Crippen molar-refractivity contribution < 1.29 is 0 Å². The predicted molar refractivity (Wildman–Crippen MR) is 107 cm³/mol. The fourth-order valence-electron chi connectivity index (χ4n) is 4.26. The third-order valence-electron chi connectivity index (χ3n) is 5.84. The van der Waals surface area contributed by atoms with Crippen molar-refractivity contribution in [1.29, 1.82) is 0 Å². The van der Waals surface area contributed by atoms with Gasteiger partial charge in [0.1, 0.15) is 0 Å². The van der Waals surface area contributed by atoms with Gasteiger partial charge in [-0.1, -0.05) is 35.9 Å². The molecule has 0 amide bonds. The smallest absolute Gasteiger partial charge is 0.0793 e. The number of benzene rings is 2. The molecule has 1 unspecified atom stereocenters. The normalized spacial score (nSPS) is 19.6. The van der Waals surface area contributed by atoms with Gasteiger partial charge in [-0.15, -0.1) is 0 Å². The molecule has 2 heterocycles. The Labute approximate surface area is 151 Å². The lowest BCUT2D eigenvalue weighted by atomic mass is 10.0. The molecule has 132 valence electrons. The monoisotopic (exact) mass is 335 g/mol. The SMILES string of the molecule is Cc1ccc(N2CCN(C(C)N3CCCc4ccccc43)CC2)cc1. The van der Waals surface area contributed by atoms with E-state index >= 15 is 0 Å². The van der Waals surface area contributed by atoms with Crippen LogP contribution in [-0.2, 0) is 6.42 Å². The van der Waals surface area contributed by atoms with Crippen LogP contribution in [0, 0.1) is 6.92 Å². The van der Waals surface area contributed by atoms with E-state index < -0.39 is 0 Å². The standard InChI is InChI=1S/C22H29N3/c1-18-9-11-21(12-10-18)24-16-14-23(15-17-24)19(2)25-13-5-7-20-6-3-4-8-22(20)25/h3-4,6,8-12,19H,5,7,13-17H2,1-2H3. The Morgan fingerprint density at radius 2 is 1.56 bits per heavy atom. The van der Waals surface area contributed by atoms with Gasteiger partial charge in [-0.05, 0) is 50.5 Å². The molecule has 0 saturated carbocycles. The molecule has 0 N–H and O–H groups in total. The van der Waals surface area contributed by atoms with E-state index in [1.54, 1.807) is 0 Å². The maximum atomic E-state index is 2.65. The zero-order chi connectivity index (χ0) is 17.2. The van der Waals surface area contributed by atoms with Crippen molar-refractivity contribution in [2.24, 2.45) is 0 Å². The van der Waals surface area contributed by atoms with Crippen molar-refractivity contribution in [3.8, 4) is 0 Å². The predicted octanol–water partition coefficient (Wildman–Crippen LogP) is 3.92. The molecule has 2 aromatic rings. The van der Waals surface area contributed by atoms with E-state index in [0.29, 0.717) is 6.17 Å². The summed E-state index contributed by atoms with van der Waals surface area (Å²) in [5, 5.41) is 0. The van der Waals surface area contributed by atoms with Gasteiger partial charge in [0.15, 0.2) is 0 Å². The zero-order valence-electron chi connectivity index (χ0n) is 15.5. The Hall–Kier alpha value is -2.00. The summed E-state index contributed by atoms with van der Waals surface area (Å²) in [4.78, 5) is 7.78. The van der Waals surface area contributed by atoms with Gasteiger partial charge in [0.05, 0.1) is 6.17 Å². The first-order valence-corrected chi connectivity index (χ1v) is 9.62. The lowest BCUT2D eigenvalue weighted by Gasteiger charge is -2.45. The molecule has 3 nitrogen and oxygen atoms in total. The van der Waals surface area contributed by atoms with E-state index in [9.17, 15) is 0 Å². The maximum Gasteiger partial charge on any atom is 0.0793 e. The summed E-state index contributed by atoms with van der Waals surface area (Å²) < 4.78 is 0. The van der Waals surface area contributed by atoms with Gasteiger partial charge >= 0.3 is 0 Å². The summed E-state index contributed by atoms with van der Waals surface area (Å²) in [5.41, 5.74) is 5.65. The van der Waals surface area contributed by atoms with Crippen molar-refractivity contribution in [1.82, 2.24) is 4.90 Å². The number of para-hydroxylation sites is 1. The average molecular weight is 335 g/mol. The van der Waals surface area contributed by atoms with Gasteiger partial charge in [0, 0.05) is 44.1 Å². The third kappa shape index (κ3) is 3.38. The molecule has 0 aromatic heterocycles. The molecule has 1 atom stereocenters. The van der Waals surface area contributed by atoms with Crippen LogP contribution in [0.25, 0.3) is 0 Å². The summed E-state index contributed by atoms with van der Waals surface area (Å²) in [6, 6.07) is 17.9. The molecule has 2 aromatic carbocycles. The van der Waals surface area contributed by atoms with Crippen LogP contribution >= 0.6 is 0 Å². The summed E-state index contributed by atoms with van der Waals surface area (Å²) in [5.74, 6) is 0. The molecule has 2 aliphatic rings. The summed E-state index contributed by atoms with van der Waals surface area (Å²) in [6.45, 7) is 10.2. The quantitative estimate of drug-likeness (QED) is 0.842. The molecule has 2 aliphatic heterocycles. The van der Waals surface area contributed by atoms with Crippen LogP contribution in [0.15, 0.2) is 48.5 Å². The summed E-state index contributed by atoms with van der Waals surface area (Å²) in [7, 11) is 0. The second kappa shape index (κ2) is 7.09. The molecule has 0 spiro atoms. The molecular formula is C22H29N3. The van der Waals surface area contributed by atoms with Crippen molar-refractivity contribution in [3.63, 3.8) is 0 Å². The number of hydrogen-bond donors (Lipinski definition) is 0. The first-order valence-electron chi connectivity index (χ1n) is 9.62. The van der Waals surface area contributed by atoms with Gasteiger partial charge in [-0.25, -0.2) is 0 Å². The molecule has 4 rings (SSSR count). The first-order chi connectivity index (χ1) is 12.2. The lowest BCUT2D eigenvalue weighted by molar-refractivity contribution is 0.189. The van der Waals surface area contributed by atoms with E-state index in [0.717, 1.165) is 26.2 Å². The summed E-state index contributed by atoms with van der Waals surface area (Å²) >= 11 is 0. The number of hydrogen-bond acceptors (Lipinski definition) is 3. The van der Waals surface area contributed by atoms with Crippen LogP contribution in [0.2, 0.25) is 0 Å². The number of fused-ring (bicyclic) bond motifs is 1. The Morgan fingerprint density at radius 1 is 0.840 bits per heavy atom. The highest BCUT2D eigenvalue weighted by Crippen LogP contribution is 2.29. The van der Waals surface area contributed by atoms with Crippen LogP contribution in [0.4, 0.5) is 11.4 Å². The molecule has 0 bridgehead atoms. The van der Waals surface area contributed by atoms with E-state index in [2.05, 4.69) is 77.1 Å². The highest BCUT2D eigenvalue weighted by atomic mass is 15.4. The Morgan fingerprint density at radius 3 is 2.32 bits per heavy atom. The van der Waals surface area contributed by atoms with Gasteiger partial charge in [-0.2, -0.15) is 0 Å². The Kier molecular flexibility index (Phi) is 4.67. The molecular weight excluding hydrogens is 306 g/mol. The number of anilines is 2. The topological polar surface area (TPSA) is 9.72 Å². The zero-order valence-corrected chi connectivity index (χ0v) is 15.5. The minimum Gasteiger partial charge on any atom is -0.369 e. The lowest BCUT2D eigenvalue weighted by Crippen LogP contribution is -2.56. The highest BCUT2D eigenvalue weighted by molar-refractivity contribution is 5.56. The molecule has 0 aliphatic carbocycles. The van der Waals surface area contributed by atoms with Crippen molar-refractivity contribution in [3.05, 3.63) is 59.7 Å². The van der Waals surface area contributed by atoms with E-state index in [-0.39, 0.29) is 0 Å². The number of piperazine rings is 1. The van der Waals surface area contributed by atoms with Crippen molar-refractivity contribution in [2.75, 3.05) is 42.5 Å². The Balaban J connectivity index is 1.42. The van der Waals surface area contributed by atoms with Crippen molar-refractivity contribution >= 4 is 11.4 Å². The fourth-order valence-corrected chi connectivity index (χ4v) is 4.26. The fraction of sp³-hybridized carbons (Fsp3) is 0.455. The second-order valence-corrected chi connectivity index (χ2v) is 7.42. The maximum absolute atomic E-state index is 2.65. The van der Waals surface area contributed by atoms with Crippen LogP contribution < -0.4 is 9.80 Å². The van der Waals surface area contributed by atoms with Crippen molar-refractivity contribution in [2.45, 2.75) is 32.9 Å². The van der Waals surface area contributed by atoms with E-state index in [1.165, 1.54) is 41.9 Å².